The summed E-state index contributed by atoms with van der Waals surface area (Å²) in [5.74, 6) is 0.913. The van der Waals surface area contributed by atoms with Crippen molar-refractivity contribution in [2.45, 2.75) is 26.7 Å². The van der Waals surface area contributed by atoms with Crippen LogP contribution in [0, 0.1) is 5.92 Å². The fourth-order valence-corrected chi connectivity index (χ4v) is 1.86. The summed E-state index contributed by atoms with van der Waals surface area (Å²) in [6.07, 6.45) is 1.67. The van der Waals surface area contributed by atoms with Crippen molar-refractivity contribution in [1.82, 2.24) is 10.2 Å². The fraction of sp³-hybridized carbons (Fsp3) is 0.929. The maximum absolute atomic E-state index is 11.8. The molecule has 0 aromatic rings. The van der Waals surface area contributed by atoms with E-state index in [0.29, 0.717) is 25.6 Å². The van der Waals surface area contributed by atoms with E-state index in [0.717, 1.165) is 45.8 Å². The number of ether oxygens (including phenoxy) is 2. The Bertz CT molecular complexity index is 241. The van der Waals surface area contributed by atoms with Crippen LogP contribution in [0.3, 0.4) is 0 Å². The van der Waals surface area contributed by atoms with Crippen molar-refractivity contribution >= 4 is 5.91 Å². The molecule has 1 rings (SSSR count). The Morgan fingerprint density at radius 3 is 2.68 bits per heavy atom. The van der Waals surface area contributed by atoms with Crippen LogP contribution in [0.4, 0.5) is 0 Å². The standard InChI is InChI=1S/C14H28N2O3/c1-13(2)4-9-18-10-6-15-5-3-14(17)16-7-11-19-12-8-16/h13,15H,3-12H2,1-2H3. The summed E-state index contributed by atoms with van der Waals surface area (Å²) in [5, 5.41) is 3.24. The molecule has 1 fully saturated rings. The lowest BCUT2D eigenvalue weighted by atomic mass is 10.1. The first-order valence-corrected chi connectivity index (χ1v) is 7.34. The molecule has 0 unspecified atom stereocenters. The zero-order chi connectivity index (χ0) is 13.9. The number of carbonyl (C=O) groups excluding carboxylic acids is 1. The first kappa shape index (κ1) is 16.4. The Morgan fingerprint density at radius 2 is 2.00 bits per heavy atom. The number of hydrogen-bond donors (Lipinski definition) is 1. The second-order valence-corrected chi connectivity index (χ2v) is 5.29. The van der Waals surface area contributed by atoms with E-state index in [2.05, 4.69) is 19.2 Å². The third-order valence-electron chi connectivity index (χ3n) is 3.14. The summed E-state index contributed by atoms with van der Waals surface area (Å²) in [7, 11) is 0. The molecule has 0 spiro atoms. The maximum Gasteiger partial charge on any atom is 0.224 e. The summed E-state index contributed by atoms with van der Waals surface area (Å²) in [6, 6.07) is 0. The van der Waals surface area contributed by atoms with Crippen molar-refractivity contribution in [2.24, 2.45) is 5.92 Å². The van der Waals surface area contributed by atoms with Crippen LogP contribution in [-0.4, -0.2) is 63.4 Å². The first-order valence-electron chi connectivity index (χ1n) is 7.34. The van der Waals surface area contributed by atoms with Gasteiger partial charge in [-0.15, -0.1) is 0 Å². The molecule has 112 valence electrons. The zero-order valence-electron chi connectivity index (χ0n) is 12.3. The summed E-state index contributed by atoms with van der Waals surface area (Å²) in [5.41, 5.74) is 0. The van der Waals surface area contributed by atoms with E-state index < -0.39 is 0 Å². The smallest absolute Gasteiger partial charge is 0.224 e. The molecular formula is C14H28N2O3. The van der Waals surface area contributed by atoms with Gasteiger partial charge in [-0.3, -0.25) is 4.79 Å². The fourth-order valence-electron chi connectivity index (χ4n) is 1.86. The molecule has 0 aromatic heterocycles. The van der Waals surface area contributed by atoms with Gasteiger partial charge in [0.25, 0.3) is 0 Å². The number of amides is 1. The van der Waals surface area contributed by atoms with E-state index in [9.17, 15) is 4.79 Å². The molecule has 19 heavy (non-hydrogen) atoms. The van der Waals surface area contributed by atoms with Gasteiger partial charge in [0.15, 0.2) is 0 Å². The molecule has 0 atom stereocenters. The highest BCUT2D eigenvalue weighted by atomic mass is 16.5. The van der Waals surface area contributed by atoms with E-state index in [1.165, 1.54) is 0 Å². The molecule has 1 amide bonds. The van der Waals surface area contributed by atoms with E-state index in [4.69, 9.17) is 9.47 Å². The second-order valence-electron chi connectivity index (χ2n) is 5.29. The van der Waals surface area contributed by atoms with E-state index in [-0.39, 0.29) is 5.91 Å². The lowest BCUT2D eigenvalue weighted by molar-refractivity contribution is -0.135. The number of rotatable bonds is 9. The molecular weight excluding hydrogens is 244 g/mol. The van der Waals surface area contributed by atoms with Crippen LogP contribution < -0.4 is 5.32 Å². The number of nitrogens with zero attached hydrogens (tertiary/aromatic N) is 1. The molecule has 0 radical (unpaired) electrons. The Morgan fingerprint density at radius 1 is 1.26 bits per heavy atom. The van der Waals surface area contributed by atoms with Crippen molar-refractivity contribution in [1.29, 1.82) is 0 Å². The highest BCUT2D eigenvalue weighted by molar-refractivity contribution is 5.76. The Hall–Kier alpha value is -0.650. The molecule has 0 aromatic carbocycles. The highest BCUT2D eigenvalue weighted by Crippen LogP contribution is 2.00. The number of carbonyl (C=O) groups is 1. The highest BCUT2D eigenvalue weighted by Gasteiger charge is 2.15. The summed E-state index contributed by atoms with van der Waals surface area (Å²) >= 11 is 0. The van der Waals surface area contributed by atoms with E-state index in [1.54, 1.807) is 0 Å². The van der Waals surface area contributed by atoms with Crippen LogP contribution in [0.5, 0.6) is 0 Å². The average molecular weight is 272 g/mol. The van der Waals surface area contributed by atoms with Gasteiger partial charge in [-0.05, 0) is 12.3 Å². The quantitative estimate of drug-likeness (QED) is 0.633. The van der Waals surface area contributed by atoms with Gasteiger partial charge in [-0.1, -0.05) is 13.8 Å². The minimum Gasteiger partial charge on any atom is -0.380 e. The first-order chi connectivity index (χ1) is 9.20. The Balaban J connectivity index is 1.88. The minimum atomic E-state index is 0.219. The van der Waals surface area contributed by atoms with Crippen molar-refractivity contribution in [3.05, 3.63) is 0 Å². The molecule has 0 aliphatic carbocycles. The van der Waals surface area contributed by atoms with E-state index in [1.807, 2.05) is 4.90 Å². The van der Waals surface area contributed by atoms with Gasteiger partial charge in [0.2, 0.25) is 5.91 Å². The molecule has 1 aliphatic heterocycles. The van der Waals surface area contributed by atoms with Gasteiger partial charge in [0.1, 0.15) is 0 Å². The second kappa shape index (κ2) is 10.2. The minimum absolute atomic E-state index is 0.219. The maximum atomic E-state index is 11.8. The summed E-state index contributed by atoms with van der Waals surface area (Å²) < 4.78 is 10.7. The van der Waals surface area contributed by atoms with Gasteiger partial charge < -0.3 is 19.7 Å². The monoisotopic (exact) mass is 272 g/mol. The zero-order valence-corrected chi connectivity index (χ0v) is 12.3. The largest absolute Gasteiger partial charge is 0.380 e. The topological polar surface area (TPSA) is 50.8 Å². The Labute approximate surface area is 116 Å². The molecule has 1 N–H and O–H groups in total. The molecule has 1 aliphatic rings. The predicted molar refractivity (Wildman–Crippen MR) is 75.2 cm³/mol. The molecule has 5 heteroatoms. The van der Waals surface area contributed by atoms with Crippen LogP contribution in [0.1, 0.15) is 26.7 Å². The molecule has 1 saturated heterocycles. The van der Waals surface area contributed by atoms with Gasteiger partial charge in [0.05, 0.1) is 19.8 Å². The van der Waals surface area contributed by atoms with Crippen molar-refractivity contribution < 1.29 is 14.3 Å². The Kier molecular flexibility index (Phi) is 8.79. The predicted octanol–water partition coefficient (Wildman–Crippen LogP) is 0.888. The van der Waals surface area contributed by atoms with Crippen LogP contribution >= 0.6 is 0 Å². The van der Waals surface area contributed by atoms with Gasteiger partial charge in [-0.2, -0.15) is 0 Å². The lowest BCUT2D eigenvalue weighted by Crippen LogP contribution is -2.41. The van der Waals surface area contributed by atoms with Crippen molar-refractivity contribution in [3.8, 4) is 0 Å². The molecule has 1 heterocycles. The average Bonchev–Trinajstić information content (AvgIpc) is 2.42. The van der Waals surface area contributed by atoms with Gasteiger partial charge in [-0.25, -0.2) is 0 Å². The number of nitrogens with one attached hydrogen (secondary N) is 1. The van der Waals surface area contributed by atoms with Crippen LogP contribution in [0.25, 0.3) is 0 Å². The molecule has 5 nitrogen and oxygen atoms in total. The van der Waals surface area contributed by atoms with Crippen LogP contribution in [0.15, 0.2) is 0 Å². The van der Waals surface area contributed by atoms with Crippen molar-refractivity contribution in [3.63, 3.8) is 0 Å². The van der Waals surface area contributed by atoms with Crippen molar-refractivity contribution in [2.75, 3.05) is 52.6 Å². The molecule has 0 saturated carbocycles. The van der Waals surface area contributed by atoms with Gasteiger partial charge >= 0.3 is 0 Å². The lowest BCUT2D eigenvalue weighted by Gasteiger charge is -2.26. The normalized spacial score (nSPS) is 16.1. The van der Waals surface area contributed by atoms with E-state index >= 15 is 0 Å². The number of hydrogen-bond acceptors (Lipinski definition) is 4. The third kappa shape index (κ3) is 8.18. The van der Waals surface area contributed by atoms with Gasteiger partial charge in [0, 0.05) is 39.2 Å². The summed E-state index contributed by atoms with van der Waals surface area (Å²) in [6.45, 7) is 10.3. The summed E-state index contributed by atoms with van der Waals surface area (Å²) in [4.78, 5) is 13.7. The van der Waals surface area contributed by atoms with Crippen LogP contribution in [0.2, 0.25) is 0 Å². The third-order valence-corrected chi connectivity index (χ3v) is 3.14. The van der Waals surface area contributed by atoms with Crippen LogP contribution in [-0.2, 0) is 14.3 Å². The SMILES string of the molecule is CC(C)CCOCCNCCC(=O)N1CCOCC1. The number of morpholine rings is 1. The molecule has 0 bridgehead atoms.